The lowest BCUT2D eigenvalue weighted by Gasteiger charge is -2.08. The first-order chi connectivity index (χ1) is 12.6. The molecule has 0 aliphatic heterocycles. The summed E-state index contributed by atoms with van der Waals surface area (Å²) < 4.78 is 6.85. The minimum Gasteiger partial charge on any atom is -0.465 e. The lowest BCUT2D eigenvalue weighted by Crippen LogP contribution is -2.01. The van der Waals surface area contributed by atoms with Crippen molar-refractivity contribution in [2.75, 3.05) is 7.11 Å². The molecular weight excluding hydrogens is 346 g/mol. The van der Waals surface area contributed by atoms with Crippen LogP contribution >= 0.6 is 11.8 Å². The summed E-state index contributed by atoms with van der Waals surface area (Å²) in [5.74, 6) is 1.32. The summed E-state index contributed by atoms with van der Waals surface area (Å²) in [6, 6.07) is 15.7. The quantitative estimate of drug-likeness (QED) is 0.479. The van der Waals surface area contributed by atoms with Crippen molar-refractivity contribution in [1.29, 1.82) is 0 Å². The molecule has 0 saturated carbocycles. The fourth-order valence-corrected chi connectivity index (χ4v) is 3.64. The zero-order valence-electron chi connectivity index (χ0n) is 15.1. The third kappa shape index (κ3) is 3.96. The Hall–Kier alpha value is -2.60. The van der Waals surface area contributed by atoms with Crippen LogP contribution in [0.1, 0.15) is 28.4 Å². The number of carbonyl (C=O) groups excluding carboxylic acids is 1. The molecule has 1 aromatic heterocycles. The van der Waals surface area contributed by atoms with Gasteiger partial charge in [0.25, 0.3) is 0 Å². The number of hydrogen-bond donors (Lipinski definition) is 0. The third-order valence-corrected chi connectivity index (χ3v) is 5.09. The second-order valence-electron chi connectivity index (χ2n) is 5.90. The van der Waals surface area contributed by atoms with E-state index in [0.29, 0.717) is 5.56 Å². The maximum absolute atomic E-state index is 11.5. The number of rotatable bonds is 6. The van der Waals surface area contributed by atoms with Gasteiger partial charge in [0.15, 0.2) is 11.0 Å². The average molecular weight is 367 g/mol. The molecule has 0 aliphatic rings. The molecule has 0 atom stereocenters. The third-order valence-electron chi connectivity index (χ3n) is 4.05. The summed E-state index contributed by atoms with van der Waals surface area (Å²) in [6.07, 6.45) is 0. The van der Waals surface area contributed by atoms with Gasteiger partial charge in [0.1, 0.15) is 0 Å². The number of benzene rings is 2. The van der Waals surface area contributed by atoms with Crippen molar-refractivity contribution in [3.8, 4) is 11.4 Å². The number of ether oxygens (including phenoxy) is 1. The highest BCUT2D eigenvalue weighted by molar-refractivity contribution is 7.98. The van der Waals surface area contributed by atoms with Crippen molar-refractivity contribution in [3.05, 3.63) is 65.2 Å². The standard InChI is InChI=1S/C20H21N3O2S/c1-4-23-18(17-7-5-6-14(2)12-17)21-22-20(23)26-13-15-8-10-16(11-9-15)19(24)25-3/h5-12H,4,13H2,1-3H3. The van der Waals surface area contributed by atoms with Crippen molar-refractivity contribution >= 4 is 17.7 Å². The van der Waals surface area contributed by atoms with Gasteiger partial charge in [-0.3, -0.25) is 0 Å². The van der Waals surface area contributed by atoms with Gasteiger partial charge in [-0.1, -0.05) is 47.7 Å². The zero-order valence-corrected chi connectivity index (χ0v) is 15.9. The molecule has 0 amide bonds. The molecule has 26 heavy (non-hydrogen) atoms. The van der Waals surface area contributed by atoms with Gasteiger partial charge in [-0.25, -0.2) is 4.79 Å². The molecule has 1 heterocycles. The van der Waals surface area contributed by atoms with Gasteiger partial charge in [0.2, 0.25) is 0 Å². The van der Waals surface area contributed by atoms with Crippen molar-refractivity contribution in [2.45, 2.75) is 31.3 Å². The molecular formula is C20H21N3O2S. The summed E-state index contributed by atoms with van der Waals surface area (Å²) in [5.41, 5.74) is 3.95. The first kappa shape index (κ1) is 18.2. The molecule has 3 aromatic rings. The predicted octanol–water partition coefficient (Wildman–Crippen LogP) is 4.35. The summed E-state index contributed by atoms with van der Waals surface area (Å²) in [7, 11) is 1.38. The normalized spacial score (nSPS) is 10.7. The highest BCUT2D eigenvalue weighted by Gasteiger charge is 2.13. The van der Waals surface area contributed by atoms with E-state index in [1.54, 1.807) is 23.9 Å². The number of nitrogens with zero attached hydrogens (tertiary/aromatic N) is 3. The van der Waals surface area contributed by atoms with Crippen LogP contribution in [0, 0.1) is 6.92 Å². The molecule has 0 N–H and O–H groups in total. The summed E-state index contributed by atoms with van der Waals surface area (Å²) in [4.78, 5) is 11.5. The maximum Gasteiger partial charge on any atom is 0.337 e. The fourth-order valence-electron chi connectivity index (χ4n) is 2.68. The second-order valence-corrected chi connectivity index (χ2v) is 6.84. The average Bonchev–Trinajstić information content (AvgIpc) is 3.09. The van der Waals surface area contributed by atoms with Gasteiger partial charge in [-0.2, -0.15) is 0 Å². The Kier molecular flexibility index (Phi) is 5.73. The first-order valence-corrected chi connectivity index (χ1v) is 9.41. The number of carbonyl (C=O) groups is 1. The Labute approximate surface area is 157 Å². The first-order valence-electron chi connectivity index (χ1n) is 8.42. The number of aryl methyl sites for hydroxylation is 1. The Morgan fingerprint density at radius 1 is 1.15 bits per heavy atom. The molecule has 3 rings (SSSR count). The number of hydrogen-bond acceptors (Lipinski definition) is 5. The number of thioether (sulfide) groups is 1. The lowest BCUT2D eigenvalue weighted by atomic mass is 10.1. The van der Waals surface area contributed by atoms with Crippen LogP contribution in [0.25, 0.3) is 11.4 Å². The van der Waals surface area contributed by atoms with Crippen LogP contribution in [-0.4, -0.2) is 27.8 Å². The second kappa shape index (κ2) is 8.19. The highest BCUT2D eigenvalue weighted by atomic mass is 32.2. The van der Waals surface area contributed by atoms with Crippen LogP contribution in [-0.2, 0) is 17.0 Å². The van der Waals surface area contributed by atoms with Gasteiger partial charge < -0.3 is 9.30 Å². The molecule has 0 unspecified atom stereocenters. The molecule has 6 heteroatoms. The molecule has 0 fully saturated rings. The monoisotopic (exact) mass is 367 g/mol. The molecule has 0 saturated heterocycles. The summed E-state index contributed by atoms with van der Waals surface area (Å²) >= 11 is 1.64. The van der Waals surface area contributed by atoms with Crippen LogP contribution < -0.4 is 0 Å². The molecule has 0 spiro atoms. The van der Waals surface area contributed by atoms with Crippen LogP contribution in [0.5, 0.6) is 0 Å². The van der Waals surface area contributed by atoms with Gasteiger partial charge in [-0.05, 0) is 37.6 Å². The van der Waals surface area contributed by atoms with E-state index >= 15 is 0 Å². The fraction of sp³-hybridized carbons (Fsp3) is 0.250. The smallest absolute Gasteiger partial charge is 0.337 e. The van der Waals surface area contributed by atoms with Crippen LogP contribution in [0.2, 0.25) is 0 Å². The minimum atomic E-state index is -0.322. The van der Waals surface area contributed by atoms with Crippen LogP contribution in [0.4, 0.5) is 0 Å². The predicted molar refractivity (Wildman–Crippen MR) is 103 cm³/mol. The molecule has 0 bridgehead atoms. The number of esters is 1. The Balaban J connectivity index is 1.75. The van der Waals surface area contributed by atoms with Crippen molar-refractivity contribution in [3.63, 3.8) is 0 Å². The molecule has 2 aromatic carbocycles. The van der Waals surface area contributed by atoms with Crippen molar-refractivity contribution < 1.29 is 9.53 Å². The Morgan fingerprint density at radius 2 is 1.92 bits per heavy atom. The van der Waals surface area contributed by atoms with Gasteiger partial charge in [-0.15, -0.1) is 10.2 Å². The van der Waals surface area contributed by atoms with Crippen molar-refractivity contribution in [2.24, 2.45) is 0 Å². The van der Waals surface area contributed by atoms with Gasteiger partial charge in [0, 0.05) is 17.9 Å². The van der Waals surface area contributed by atoms with Gasteiger partial charge >= 0.3 is 5.97 Å². The Morgan fingerprint density at radius 3 is 2.58 bits per heavy atom. The molecule has 0 radical (unpaired) electrons. The minimum absolute atomic E-state index is 0.322. The topological polar surface area (TPSA) is 57.0 Å². The van der Waals surface area contributed by atoms with E-state index in [4.69, 9.17) is 4.74 Å². The van der Waals surface area contributed by atoms with E-state index in [-0.39, 0.29) is 5.97 Å². The van der Waals surface area contributed by atoms with Crippen LogP contribution in [0.3, 0.4) is 0 Å². The van der Waals surface area contributed by atoms with Crippen LogP contribution in [0.15, 0.2) is 53.7 Å². The SMILES string of the molecule is CCn1c(SCc2ccc(C(=O)OC)cc2)nnc1-c1cccc(C)c1. The maximum atomic E-state index is 11.5. The molecule has 0 aliphatic carbocycles. The highest BCUT2D eigenvalue weighted by Crippen LogP contribution is 2.26. The number of methoxy groups -OCH3 is 1. The van der Waals surface area contributed by atoms with Gasteiger partial charge in [0.05, 0.1) is 12.7 Å². The molecule has 134 valence electrons. The van der Waals surface area contributed by atoms with E-state index in [0.717, 1.165) is 34.4 Å². The largest absolute Gasteiger partial charge is 0.465 e. The van der Waals surface area contributed by atoms with E-state index in [9.17, 15) is 4.79 Å². The van der Waals surface area contributed by atoms with E-state index in [2.05, 4.69) is 46.8 Å². The van der Waals surface area contributed by atoms with E-state index in [1.807, 2.05) is 18.2 Å². The summed E-state index contributed by atoms with van der Waals surface area (Å²) in [5, 5.41) is 9.65. The Bertz CT molecular complexity index is 904. The van der Waals surface area contributed by atoms with E-state index < -0.39 is 0 Å². The summed E-state index contributed by atoms with van der Waals surface area (Å²) in [6.45, 7) is 4.97. The van der Waals surface area contributed by atoms with E-state index in [1.165, 1.54) is 12.7 Å². The lowest BCUT2D eigenvalue weighted by molar-refractivity contribution is 0.0600. The number of aromatic nitrogens is 3. The molecule has 5 nitrogen and oxygen atoms in total. The zero-order chi connectivity index (χ0) is 18.5. The van der Waals surface area contributed by atoms with Crippen molar-refractivity contribution in [1.82, 2.24) is 14.8 Å².